The second-order valence-corrected chi connectivity index (χ2v) is 7.95. The quantitative estimate of drug-likeness (QED) is 0.894. The summed E-state index contributed by atoms with van der Waals surface area (Å²) in [5.74, 6) is -1.39. The maximum atomic E-state index is 13.3. The Morgan fingerprint density at radius 2 is 1.77 bits per heavy atom. The number of aliphatic carboxylic acids is 1. The molecule has 1 N–H and O–H groups in total. The Bertz CT molecular complexity index is 702. The molecule has 3 fully saturated rings. The largest absolute Gasteiger partial charge is 0.481 e. The zero-order valence-corrected chi connectivity index (χ0v) is 14.8. The van der Waals surface area contributed by atoms with E-state index in [9.17, 15) is 19.1 Å². The van der Waals surface area contributed by atoms with Gasteiger partial charge in [0.1, 0.15) is 5.82 Å². The van der Waals surface area contributed by atoms with E-state index in [1.165, 1.54) is 6.07 Å². The summed E-state index contributed by atoms with van der Waals surface area (Å²) in [4.78, 5) is 28.7. The van der Waals surface area contributed by atoms with Crippen LogP contribution in [0.2, 0.25) is 0 Å². The second-order valence-electron chi connectivity index (χ2n) is 7.95. The molecule has 0 radical (unpaired) electrons. The molecule has 4 rings (SSSR count). The Hall–Kier alpha value is -1.95. The predicted molar refractivity (Wildman–Crippen MR) is 93.7 cm³/mol. The number of fused-ring (bicyclic) bond motifs is 2. The zero-order chi connectivity index (χ0) is 18.3. The highest BCUT2D eigenvalue weighted by Crippen LogP contribution is 2.53. The van der Waals surface area contributed by atoms with E-state index in [2.05, 4.69) is 4.90 Å². The van der Waals surface area contributed by atoms with Crippen LogP contribution < -0.4 is 0 Å². The topological polar surface area (TPSA) is 60.9 Å². The summed E-state index contributed by atoms with van der Waals surface area (Å²) < 4.78 is 13.3. The maximum absolute atomic E-state index is 13.3. The van der Waals surface area contributed by atoms with E-state index in [0.717, 1.165) is 37.9 Å². The second kappa shape index (κ2) is 6.99. The van der Waals surface area contributed by atoms with Crippen LogP contribution in [-0.4, -0.2) is 53.0 Å². The average molecular weight is 360 g/mol. The standard InChI is InChI=1S/C20H25FN2O3/c21-16-3-1-2-13(10-16)12-22-6-8-23(9-7-22)19(24)17-14-4-5-15(11-14)18(17)20(25)26/h1-3,10,14-15,17-18H,4-9,11-12H2,(H,25,26)/t14-,15-,17-,18-/m0/s1. The van der Waals surface area contributed by atoms with Crippen molar-refractivity contribution >= 4 is 11.9 Å². The Balaban J connectivity index is 1.36. The summed E-state index contributed by atoms with van der Waals surface area (Å²) >= 11 is 0. The first-order chi connectivity index (χ1) is 12.5. The van der Waals surface area contributed by atoms with E-state index in [1.807, 2.05) is 11.0 Å². The molecule has 3 aliphatic rings. The fourth-order valence-corrected chi connectivity index (χ4v) is 5.23. The minimum absolute atomic E-state index is 0.0370. The molecular weight excluding hydrogens is 335 g/mol. The maximum Gasteiger partial charge on any atom is 0.307 e. The highest BCUT2D eigenvalue weighted by atomic mass is 19.1. The van der Waals surface area contributed by atoms with Crippen molar-refractivity contribution in [3.8, 4) is 0 Å². The number of rotatable bonds is 4. The Morgan fingerprint density at radius 3 is 2.42 bits per heavy atom. The normalized spacial score (nSPS) is 31.3. The van der Waals surface area contributed by atoms with Crippen LogP contribution in [0.5, 0.6) is 0 Å². The minimum atomic E-state index is -0.805. The van der Waals surface area contributed by atoms with Crippen LogP contribution in [0.25, 0.3) is 0 Å². The molecule has 4 atom stereocenters. The predicted octanol–water partition coefficient (Wildman–Crippen LogP) is 2.22. The van der Waals surface area contributed by atoms with Crippen molar-refractivity contribution in [2.75, 3.05) is 26.2 Å². The number of carbonyl (C=O) groups is 2. The first-order valence-electron chi connectivity index (χ1n) is 9.51. The summed E-state index contributed by atoms with van der Waals surface area (Å²) in [6, 6.07) is 6.61. The third-order valence-corrected chi connectivity index (χ3v) is 6.47. The molecular formula is C20H25FN2O3. The lowest BCUT2D eigenvalue weighted by Gasteiger charge is -2.38. The summed E-state index contributed by atoms with van der Waals surface area (Å²) in [6.45, 7) is 3.38. The fourth-order valence-electron chi connectivity index (χ4n) is 5.23. The number of amides is 1. The molecule has 26 heavy (non-hydrogen) atoms. The number of halogens is 1. The number of benzene rings is 1. The van der Waals surface area contributed by atoms with Gasteiger partial charge in [0.15, 0.2) is 0 Å². The number of carbonyl (C=O) groups excluding carboxylic acids is 1. The van der Waals surface area contributed by atoms with Crippen LogP contribution in [-0.2, 0) is 16.1 Å². The van der Waals surface area contributed by atoms with Crippen molar-refractivity contribution in [1.82, 2.24) is 9.80 Å². The molecule has 1 aromatic carbocycles. The van der Waals surface area contributed by atoms with Gasteiger partial charge in [-0.1, -0.05) is 12.1 Å². The monoisotopic (exact) mass is 360 g/mol. The van der Waals surface area contributed by atoms with Crippen molar-refractivity contribution < 1.29 is 19.1 Å². The number of hydrogen-bond donors (Lipinski definition) is 1. The lowest BCUT2D eigenvalue weighted by atomic mass is 9.78. The van der Waals surface area contributed by atoms with E-state index in [0.29, 0.717) is 19.6 Å². The van der Waals surface area contributed by atoms with Gasteiger partial charge in [-0.25, -0.2) is 4.39 Å². The first-order valence-corrected chi connectivity index (χ1v) is 9.51. The van der Waals surface area contributed by atoms with Crippen LogP contribution in [0, 0.1) is 29.5 Å². The Labute approximate surface area is 152 Å². The molecule has 1 aromatic rings. The molecule has 0 aromatic heterocycles. The van der Waals surface area contributed by atoms with Gasteiger partial charge in [0.2, 0.25) is 5.91 Å². The lowest BCUT2D eigenvalue weighted by Crippen LogP contribution is -2.52. The number of hydrogen-bond acceptors (Lipinski definition) is 3. The van der Waals surface area contributed by atoms with Crippen molar-refractivity contribution in [2.24, 2.45) is 23.7 Å². The molecule has 0 spiro atoms. The van der Waals surface area contributed by atoms with Crippen molar-refractivity contribution in [3.63, 3.8) is 0 Å². The van der Waals surface area contributed by atoms with Gasteiger partial charge >= 0.3 is 5.97 Å². The minimum Gasteiger partial charge on any atom is -0.481 e. The van der Waals surface area contributed by atoms with Gasteiger partial charge in [0, 0.05) is 32.7 Å². The molecule has 5 nitrogen and oxygen atoms in total. The Morgan fingerprint density at radius 1 is 1.08 bits per heavy atom. The van der Waals surface area contributed by atoms with E-state index in [4.69, 9.17) is 0 Å². The molecule has 140 valence electrons. The van der Waals surface area contributed by atoms with Crippen LogP contribution in [0.3, 0.4) is 0 Å². The van der Waals surface area contributed by atoms with E-state index >= 15 is 0 Å². The third kappa shape index (κ3) is 3.22. The number of carboxylic acids is 1. The molecule has 1 saturated heterocycles. The van der Waals surface area contributed by atoms with Gasteiger partial charge in [-0.05, 0) is 48.8 Å². The summed E-state index contributed by atoms with van der Waals surface area (Å²) in [5, 5.41) is 9.57. The number of nitrogens with zero attached hydrogens (tertiary/aromatic N) is 2. The molecule has 1 aliphatic heterocycles. The lowest BCUT2D eigenvalue weighted by molar-refractivity contribution is -0.153. The number of piperazine rings is 1. The van der Waals surface area contributed by atoms with Crippen molar-refractivity contribution in [3.05, 3.63) is 35.6 Å². The summed E-state index contributed by atoms with van der Waals surface area (Å²) in [7, 11) is 0. The van der Waals surface area contributed by atoms with Crippen LogP contribution in [0.4, 0.5) is 4.39 Å². The highest BCUT2D eigenvalue weighted by Gasteiger charge is 2.54. The van der Waals surface area contributed by atoms with Gasteiger partial charge in [0.25, 0.3) is 0 Å². The van der Waals surface area contributed by atoms with E-state index < -0.39 is 11.9 Å². The highest BCUT2D eigenvalue weighted by molar-refractivity contribution is 5.86. The third-order valence-electron chi connectivity index (χ3n) is 6.47. The van der Waals surface area contributed by atoms with Crippen molar-refractivity contribution in [1.29, 1.82) is 0 Å². The summed E-state index contributed by atoms with van der Waals surface area (Å²) in [6.07, 6.45) is 2.84. The van der Waals surface area contributed by atoms with Crippen LogP contribution in [0.1, 0.15) is 24.8 Å². The zero-order valence-electron chi connectivity index (χ0n) is 14.8. The SMILES string of the molecule is O=C(O)[C@H]1[C@H]2CC[C@@H](C2)[C@@H]1C(=O)N1CCN(Cc2cccc(F)c2)CC1. The van der Waals surface area contributed by atoms with E-state index in [1.54, 1.807) is 12.1 Å². The molecule has 6 heteroatoms. The fraction of sp³-hybridized carbons (Fsp3) is 0.600. The van der Waals surface area contributed by atoms with Gasteiger partial charge in [0.05, 0.1) is 11.8 Å². The van der Waals surface area contributed by atoms with Crippen LogP contribution >= 0.6 is 0 Å². The van der Waals surface area contributed by atoms with Gasteiger partial charge in [-0.3, -0.25) is 14.5 Å². The van der Waals surface area contributed by atoms with E-state index in [-0.39, 0.29) is 29.5 Å². The van der Waals surface area contributed by atoms with Gasteiger partial charge in [-0.2, -0.15) is 0 Å². The summed E-state index contributed by atoms with van der Waals surface area (Å²) in [5.41, 5.74) is 0.934. The molecule has 2 aliphatic carbocycles. The van der Waals surface area contributed by atoms with Crippen molar-refractivity contribution in [2.45, 2.75) is 25.8 Å². The Kier molecular flexibility index (Phi) is 4.69. The first kappa shape index (κ1) is 17.5. The van der Waals surface area contributed by atoms with Crippen LogP contribution in [0.15, 0.2) is 24.3 Å². The molecule has 1 amide bonds. The molecule has 0 unspecified atom stereocenters. The molecule has 2 saturated carbocycles. The molecule has 2 bridgehead atoms. The average Bonchev–Trinajstić information content (AvgIpc) is 3.23. The smallest absolute Gasteiger partial charge is 0.307 e. The number of carboxylic acid groups (broad SMARTS) is 1. The van der Waals surface area contributed by atoms with Gasteiger partial charge in [-0.15, -0.1) is 0 Å². The molecule has 1 heterocycles. The van der Waals surface area contributed by atoms with Gasteiger partial charge < -0.3 is 10.0 Å².